The van der Waals surface area contributed by atoms with E-state index in [2.05, 4.69) is 0 Å². The minimum atomic E-state index is -0.638. The molecule has 0 atom stereocenters. The quantitative estimate of drug-likeness (QED) is 0.343. The van der Waals surface area contributed by atoms with E-state index in [1.54, 1.807) is 0 Å². The van der Waals surface area contributed by atoms with Crippen LogP contribution in [0.1, 0.15) is 5.56 Å². The van der Waals surface area contributed by atoms with Crippen LogP contribution in [0.4, 0.5) is 5.69 Å². The van der Waals surface area contributed by atoms with Gasteiger partial charge in [-0.2, -0.15) is 5.26 Å². The summed E-state index contributed by atoms with van der Waals surface area (Å²) in [4.78, 5) is 13.6. The van der Waals surface area contributed by atoms with Crippen LogP contribution in [0, 0.1) is 11.3 Å². The average Bonchev–Trinajstić information content (AvgIpc) is 2.45. The number of carbonyl (C=O) groups is 1. The number of esters is 1. The van der Waals surface area contributed by atoms with Crippen molar-refractivity contribution in [1.29, 1.82) is 5.26 Å². The second kappa shape index (κ2) is 7.97. The fourth-order valence-electron chi connectivity index (χ4n) is 1.47. The Balaban J connectivity index is 2.78. The molecule has 1 aromatic rings. The number of nitriles is 1. The Labute approximate surface area is 119 Å². The molecule has 0 spiro atoms. The van der Waals surface area contributed by atoms with Crippen molar-refractivity contribution in [1.82, 2.24) is 0 Å². The molecule has 0 aliphatic heterocycles. The number of anilines is 1. The van der Waals surface area contributed by atoms with Crippen LogP contribution in [-0.4, -0.2) is 40.4 Å². The number of hydrogen-bond acceptors (Lipinski definition) is 5. The van der Waals surface area contributed by atoms with Gasteiger partial charge in [-0.05, 0) is 23.8 Å². The van der Waals surface area contributed by atoms with E-state index in [9.17, 15) is 4.79 Å². The largest absolute Gasteiger partial charge is 0.459 e. The normalized spacial score (nSPS) is 10.8. The van der Waals surface area contributed by atoms with Gasteiger partial charge in [0.05, 0.1) is 6.61 Å². The maximum absolute atomic E-state index is 11.7. The molecule has 106 valence electrons. The second-order valence-corrected chi connectivity index (χ2v) is 4.28. The third-order valence-electron chi connectivity index (χ3n) is 2.58. The molecule has 20 heavy (non-hydrogen) atoms. The molecule has 0 aliphatic rings. The van der Waals surface area contributed by atoms with Crippen molar-refractivity contribution in [3.63, 3.8) is 0 Å². The highest BCUT2D eigenvalue weighted by Gasteiger charge is 2.10. The summed E-state index contributed by atoms with van der Waals surface area (Å²) in [5.74, 6) is -0.638. The standard InChI is InChI=1S/C15H18N2O3/c1-17(2)14-6-4-12(5-7-14)10-13(11-16)15(18)20-9-8-19-3/h4-7,10H,8-9H2,1-3H3/b13-10-. The van der Waals surface area contributed by atoms with Crippen molar-refractivity contribution in [2.75, 3.05) is 39.3 Å². The molecule has 0 aromatic heterocycles. The lowest BCUT2D eigenvalue weighted by Gasteiger charge is -2.11. The SMILES string of the molecule is COCCOC(=O)/C(C#N)=C\c1ccc(N(C)C)cc1. The fourth-order valence-corrected chi connectivity index (χ4v) is 1.47. The Morgan fingerprint density at radius 1 is 1.30 bits per heavy atom. The number of hydrogen-bond donors (Lipinski definition) is 0. The molecule has 1 rings (SSSR count). The minimum absolute atomic E-state index is 0.0290. The molecule has 0 saturated heterocycles. The van der Waals surface area contributed by atoms with Crippen LogP contribution >= 0.6 is 0 Å². The molecule has 5 nitrogen and oxygen atoms in total. The van der Waals surface area contributed by atoms with Crippen LogP contribution in [0.15, 0.2) is 29.8 Å². The van der Waals surface area contributed by atoms with Gasteiger partial charge in [0.2, 0.25) is 0 Å². The number of benzene rings is 1. The van der Waals surface area contributed by atoms with E-state index in [1.807, 2.05) is 49.3 Å². The lowest BCUT2D eigenvalue weighted by molar-refractivity contribution is -0.139. The lowest BCUT2D eigenvalue weighted by atomic mass is 10.1. The number of methoxy groups -OCH3 is 1. The topological polar surface area (TPSA) is 62.6 Å². The van der Waals surface area contributed by atoms with Gasteiger partial charge in [0.1, 0.15) is 18.2 Å². The van der Waals surface area contributed by atoms with E-state index in [1.165, 1.54) is 13.2 Å². The average molecular weight is 274 g/mol. The summed E-state index contributed by atoms with van der Waals surface area (Å²) >= 11 is 0. The van der Waals surface area contributed by atoms with Crippen molar-refractivity contribution < 1.29 is 14.3 Å². The zero-order chi connectivity index (χ0) is 15.0. The number of ether oxygens (including phenoxy) is 2. The van der Waals surface area contributed by atoms with Gasteiger partial charge in [0.25, 0.3) is 0 Å². The molecule has 0 amide bonds. The monoisotopic (exact) mass is 274 g/mol. The summed E-state index contributed by atoms with van der Waals surface area (Å²) in [7, 11) is 5.40. The summed E-state index contributed by atoms with van der Waals surface area (Å²) in [6.45, 7) is 0.440. The first-order chi connectivity index (χ1) is 9.58. The molecule has 0 aliphatic carbocycles. The van der Waals surface area contributed by atoms with Gasteiger partial charge in [-0.25, -0.2) is 4.79 Å². The number of rotatable bonds is 6. The first-order valence-electron chi connectivity index (χ1n) is 6.13. The van der Waals surface area contributed by atoms with Crippen LogP contribution in [-0.2, 0) is 14.3 Å². The minimum Gasteiger partial charge on any atom is -0.459 e. The molecule has 0 unspecified atom stereocenters. The van der Waals surface area contributed by atoms with Gasteiger partial charge in [-0.3, -0.25) is 0 Å². The Morgan fingerprint density at radius 2 is 1.95 bits per heavy atom. The van der Waals surface area contributed by atoms with E-state index >= 15 is 0 Å². The first kappa shape index (κ1) is 15.7. The predicted molar refractivity (Wildman–Crippen MR) is 77.2 cm³/mol. The summed E-state index contributed by atoms with van der Waals surface area (Å²) in [5.41, 5.74) is 1.79. The maximum Gasteiger partial charge on any atom is 0.348 e. The van der Waals surface area contributed by atoms with Gasteiger partial charge < -0.3 is 14.4 Å². The molecule has 5 heteroatoms. The van der Waals surface area contributed by atoms with Crippen molar-refractivity contribution in [2.24, 2.45) is 0 Å². The molecular weight excluding hydrogens is 256 g/mol. The third kappa shape index (κ3) is 4.75. The Bertz CT molecular complexity index is 513. The fraction of sp³-hybridized carbons (Fsp3) is 0.333. The highest BCUT2D eigenvalue weighted by atomic mass is 16.6. The van der Waals surface area contributed by atoms with Crippen LogP contribution < -0.4 is 4.90 Å². The zero-order valence-corrected chi connectivity index (χ0v) is 11.9. The molecule has 0 saturated carbocycles. The molecule has 0 bridgehead atoms. The predicted octanol–water partition coefficient (Wildman–Crippen LogP) is 1.85. The van der Waals surface area contributed by atoms with E-state index < -0.39 is 5.97 Å². The summed E-state index contributed by atoms with van der Waals surface area (Å²) < 4.78 is 9.68. The Kier molecular flexibility index (Phi) is 6.27. The number of nitrogens with zero attached hydrogens (tertiary/aromatic N) is 2. The second-order valence-electron chi connectivity index (χ2n) is 4.28. The molecule has 0 radical (unpaired) electrons. The maximum atomic E-state index is 11.7. The summed E-state index contributed by atoms with van der Waals surface area (Å²) in [6, 6.07) is 9.36. The van der Waals surface area contributed by atoms with Crippen molar-refractivity contribution in [3.8, 4) is 6.07 Å². The number of carbonyl (C=O) groups excluding carboxylic acids is 1. The lowest BCUT2D eigenvalue weighted by Crippen LogP contribution is -2.11. The molecular formula is C15H18N2O3. The van der Waals surface area contributed by atoms with Crippen molar-refractivity contribution >= 4 is 17.7 Å². The van der Waals surface area contributed by atoms with E-state index in [0.717, 1.165) is 11.3 Å². The highest BCUT2D eigenvalue weighted by molar-refractivity contribution is 5.97. The zero-order valence-electron chi connectivity index (χ0n) is 11.9. The molecule has 0 fully saturated rings. The first-order valence-corrected chi connectivity index (χ1v) is 6.13. The Hall–Kier alpha value is -2.32. The van der Waals surface area contributed by atoms with Gasteiger partial charge in [-0.1, -0.05) is 12.1 Å². The molecule has 0 N–H and O–H groups in total. The van der Waals surface area contributed by atoms with Crippen molar-refractivity contribution in [3.05, 3.63) is 35.4 Å². The van der Waals surface area contributed by atoms with Gasteiger partial charge in [0.15, 0.2) is 0 Å². The van der Waals surface area contributed by atoms with Crippen molar-refractivity contribution in [2.45, 2.75) is 0 Å². The summed E-state index contributed by atoms with van der Waals surface area (Å²) in [5, 5.41) is 9.00. The highest BCUT2D eigenvalue weighted by Crippen LogP contribution is 2.14. The molecule has 1 aromatic carbocycles. The van der Waals surface area contributed by atoms with Gasteiger partial charge in [-0.15, -0.1) is 0 Å². The van der Waals surface area contributed by atoms with Gasteiger partial charge >= 0.3 is 5.97 Å². The van der Waals surface area contributed by atoms with Crippen LogP contribution in [0.3, 0.4) is 0 Å². The third-order valence-corrected chi connectivity index (χ3v) is 2.58. The summed E-state index contributed by atoms with van der Waals surface area (Å²) in [6.07, 6.45) is 1.51. The molecule has 0 heterocycles. The van der Waals surface area contributed by atoms with E-state index in [0.29, 0.717) is 6.61 Å². The smallest absolute Gasteiger partial charge is 0.348 e. The van der Waals surface area contributed by atoms with Gasteiger partial charge in [0, 0.05) is 26.9 Å². The van der Waals surface area contributed by atoms with E-state index in [4.69, 9.17) is 14.7 Å². The Morgan fingerprint density at radius 3 is 2.45 bits per heavy atom. The van der Waals surface area contributed by atoms with Crippen LogP contribution in [0.5, 0.6) is 0 Å². The van der Waals surface area contributed by atoms with E-state index in [-0.39, 0.29) is 12.2 Å². The van der Waals surface area contributed by atoms with Crippen LogP contribution in [0.2, 0.25) is 0 Å². The van der Waals surface area contributed by atoms with Crippen LogP contribution in [0.25, 0.3) is 6.08 Å².